The highest BCUT2D eigenvalue weighted by molar-refractivity contribution is 8.01. The summed E-state index contributed by atoms with van der Waals surface area (Å²) in [6.45, 7) is 1.68. The van der Waals surface area contributed by atoms with Gasteiger partial charge in [-0.05, 0) is 6.92 Å². The molecular weight excluding hydrogens is 354 g/mol. The molecule has 0 unspecified atom stereocenters. The Kier molecular flexibility index (Phi) is 10.5. The van der Waals surface area contributed by atoms with Crippen molar-refractivity contribution >= 4 is 58.4 Å². The lowest BCUT2D eigenvalue weighted by Gasteiger charge is -2.02. The SMILES string of the molecule is CCOC(=O)CSc1nnc(NC(=O)CNC(=O)CN)s1.Cl. The molecule has 0 spiro atoms. The summed E-state index contributed by atoms with van der Waals surface area (Å²) in [7, 11) is 0. The Bertz CT molecular complexity index is 513. The highest BCUT2D eigenvalue weighted by Gasteiger charge is 2.11. The first-order chi connectivity index (χ1) is 10.0. The first-order valence-electron chi connectivity index (χ1n) is 5.93. The number of hydrogen-bond donors (Lipinski definition) is 3. The van der Waals surface area contributed by atoms with Crippen LogP contribution < -0.4 is 16.4 Å². The fraction of sp³-hybridized carbons (Fsp3) is 0.500. The monoisotopic (exact) mass is 369 g/mol. The normalized spacial score (nSPS) is 9.55. The van der Waals surface area contributed by atoms with E-state index in [2.05, 4.69) is 20.8 Å². The average Bonchev–Trinajstić information content (AvgIpc) is 2.90. The minimum absolute atomic E-state index is 0. The van der Waals surface area contributed by atoms with Gasteiger partial charge in [0, 0.05) is 0 Å². The zero-order chi connectivity index (χ0) is 15.7. The van der Waals surface area contributed by atoms with Crippen molar-refractivity contribution in [2.45, 2.75) is 11.3 Å². The molecule has 2 amide bonds. The van der Waals surface area contributed by atoms with Gasteiger partial charge in [-0.15, -0.1) is 22.6 Å². The molecule has 0 saturated carbocycles. The summed E-state index contributed by atoms with van der Waals surface area (Å²) in [5, 5.41) is 12.7. The number of nitrogens with two attached hydrogens (primary N) is 1. The van der Waals surface area contributed by atoms with Gasteiger partial charge in [0.1, 0.15) is 0 Å². The van der Waals surface area contributed by atoms with Crippen molar-refractivity contribution in [1.82, 2.24) is 15.5 Å². The highest BCUT2D eigenvalue weighted by Crippen LogP contribution is 2.25. The quantitative estimate of drug-likeness (QED) is 0.320. The van der Waals surface area contributed by atoms with Crippen LogP contribution >= 0.6 is 35.5 Å². The van der Waals surface area contributed by atoms with Gasteiger partial charge in [0.2, 0.25) is 16.9 Å². The van der Waals surface area contributed by atoms with E-state index in [1.807, 2.05) is 0 Å². The Labute approximate surface area is 141 Å². The minimum Gasteiger partial charge on any atom is -0.465 e. The fourth-order valence-electron chi connectivity index (χ4n) is 1.06. The summed E-state index contributed by atoms with van der Waals surface area (Å²) in [6.07, 6.45) is 0. The van der Waals surface area contributed by atoms with Crippen LogP contribution in [-0.4, -0.2) is 53.4 Å². The van der Waals surface area contributed by atoms with Crippen LogP contribution in [0, 0.1) is 0 Å². The minimum atomic E-state index is -0.435. The van der Waals surface area contributed by atoms with Gasteiger partial charge in [0.25, 0.3) is 0 Å². The third-order valence-corrected chi connectivity index (χ3v) is 3.85. The van der Waals surface area contributed by atoms with Gasteiger partial charge < -0.3 is 15.8 Å². The van der Waals surface area contributed by atoms with E-state index < -0.39 is 11.8 Å². The molecule has 1 rings (SSSR count). The van der Waals surface area contributed by atoms with Crippen molar-refractivity contribution in [2.75, 3.05) is 30.8 Å². The third kappa shape index (κ3) is 8.12. The van der Waals surface area contributed by atoms with Crippen molar-refractivity contribution < 1.29 is 19.1 Å². The molecule has 0 aromatic carbocycles. The van der Waals surface area contributed by atoms with Crippen molar-refractivity contribution in [3.63, 3.8) is 0 Å². The number of nitrogens with one attached hydrogen (secondary N) is 2. The molecule has 124 valence electrons. The maximum atomic E-state index is 11.5. The standard InChI is InChI=1S/C10H15N5O4S2.ClH/c1-2-19-8(18)5-20-10-15-14-9(21-10)13-7(17)4-12-6(16)3-11;/h2-5,11H2,1H3,(H,12,16)(H,13,14,17);1H. The number of nitrogens with zero attached hydrogens (tertiary/aromatic N) is 2. The summed E-state index contributed by atoms with van der Waals surface area (Å²) in [6, 6.07) is 0. The van der Waals surface area contributed by atoms with Crippen LogP contribution in [-0.2, 0) is 19.1 Å². The molecule has 12 heteroatoms. The predicted molar refractivity (Wildman–Crippen MR) is 85.2 cm³/mol. The first-order valence-corrected chi connectivity index (χ1v) is 7.74. The summed E-state index contributed by atoms with van der Waals surface area (Å²) in [5.41, 5.74) is 5.09. The molecule has 4 N–H and O–H groups in total. The number of esters is 1. The molecule has 0 saturated heterocycles. The van der Waals surface area contributed by atoms with Crippen LogP contribution in [0.3, 0.4) is 0 Å². The largest absolute Gasteiger partial charge is 0.465 e. The second-order valence-corrected chi connectivity index (χ2v) is 5.70. The van der Waals surface area contributed by atoms with Crippen molar-refractivity contribution in [2.24, 2.45) is 5.73 Å². The third-order valence-electron chi connectivity index (χ3n) is 1.90. The van der Waals surface area contributed by atoms with Gasteiger partial charge in [-0.1, -0.05) is 23.1 Å². The molecule has 0 aliphatic rings. The van der Waals surface area contributed by atoms with E-state index in [0.29, 0.717) is 10.9 Å². The molecule has 1 heterocycles. The molecule has 0 bridgehead atoms. The summed E-state index contributed by atoms with van der Waals surface area (Å²) < 4.78 is 5.31. The van der Waals surface area contributed by atoms with Crippen LogP contribution in [0.5, 0.6) is 0 Å². The summed E-state index contributed by atoms with van der Waals surface area (Å²) in [4.78, 5) is 33.5. The molecule has 9 nitrogen and oxygen atoms in total. The maximum absolute atomic E-state index is 11.5. The Morgan fingerprint density at radius 3 is 2.68 bits per heavy atom. The highest BCUT2D eigenvalue weighted by atomic mass is 35.5. The van der Waals surface area contributed by atoms with Gasteiger partial charge in [-0.3, -0.25) is 19.7 Å². The lowest BCUT2D eigenvalue weighted by atomic mass is 10.5. The van der Waals surface area contributed by atoms with E-state index in [4.69, 9.17) is 10.5 Å². The summed E-state index contributed by atoms with van der Waals surface area (Å²) in [5.74, 6) is -1.07. The van der Waals surface area contributed by atoms with E-state index in [1.165, 1.54) is 11.8 Å². The van der Waals surface area contributed by atoms with Gasteiger partial charge in [0.05, 0.1) is 25.4 Å². The number of rotatable bonds is 8. The van der Waals surface area contributed by atoms with Gasteiger partial charge in [0.15, 0.2) is 4.34 Å². The van der Waals surface area contributed by atoms with Crippen LogP contribution in [0.4, 0.5) is 5.13 Å². The molecule has 0 atom stereocenters. The Hall–Kier alpha value is -1.43. The molecule has 1 aromatic rings. The second kappa shape index (κ2) is 11.2. The molecule has 0 aliphatic heterocycles. The van der Waals surface area contributed by atoms with Crippen molar-refractivity contribution in [3.05, 3.63) is 0 Å². The van der Waals surface area contributed by atoms with Crippen molar-refractivity contribution in [1.29, 1.82) is 0 Å². The van der Waals surface area contributed by atoms with Crippen LogP contribution in [0.25, 0.3) is 0 Å². The van der Waals surface area contributed by atoms with Gasteiger partial charge in [-0.25, -0.2) is 0 Å². The predicted octanol–water partition coefficient (Wildman–Crippen LogP) is -0.371. The van der Waals surface area contributed by atoms with E-state index >= 15 is 0 Å². The number of ether oxygens (including phenoxy) is 1. The number of halogens is 1. The molecule has 0 fully saturated rings. The molecule has 1 aromatic heterocycles. The smallest absolute Gasteiger partial charge is 0.316 e. The summed E-state index contributed by atoms with van der Waals surface area (Å²) >= 11 is 2.30. The van der Waals surface area contributed by atoms with Crippen molar-refractivity contribution in [3.8, 4) is 0 Å². The number of carbonyl (C=O) groups excluding carboxylic acids is 3. The number of amides is 2. The number of anilines is 1. The van der Waals surface area contributed by atoms with Gasteiger partial charge in [-0.2, -0.15) is 0 Å². The average molecular weight is 370 g/mol. The van der Waals surface area contributed by atoms with Crippen LogP contribution in [0.1, 0.15) is 6.92 Å². The lowest BCUT2D eigenvalue weighted by Crippen LogP contribution is -2.36. The van der Waals surface area contributed by atoms with E-state index in [9.17, 15) is 14.4 Å². The Balaban J connectivity index is 0.00000441. The molecule has 0 aliphatic carbocycles. The first kappa shape index (κ1) is 20.6. The zero-order valence-corrected chi connectivity index (χ0v) is 14.1. The molecule has 22 heavy (non-hydrogen) atoms. The van der Waals surface area contributed by atoms with E-state index in [1.54, 1.807) is 6.92 Å². The zero-order valence-electron chi connectivity index (χ0n) is 11.7. The lowest BCUT2D eigenvalue weighted by molar-refractivity contribution is -0.139. The Morgan fingerprint density at radius 2 is 2.05 bits per heavy atom. The van der Waals surface area contributed by atoms with Crippen LogP contribution in [0.15, 0.2) is 4.34 Å². The Morgan fingerprint density at radius 1 is 1.32 bits per heavy atom. The topological polar surface area (TPSA) is 136 Å². The number of aromatic nitrogens is 2. The maximum Gasteiger partial charge on any atom is 0.316 e. The number of thioether (sulfide) groups is 1. The number of hydrogen-bond acceptors (Lipinski definition) is 9. The van der Waals surface area contributed by atoms with E-state index in [0.717, 1.165) is 11.3 Å². The van der Waals surface area contributed by atoms with Crippen LogP contribution in [0.2, 0.25) is 0 Å². The number of carbonyl (C=O) groups is 3. The second-order valence-electron chi connectivity index (χ2n) is 3.50. The van der Waals surface area contributed by atoms with Gasteiger partial charge >= 0.3 is 5.97 Å². The molecular formula is C10H16ClN5O4S2. The fourth-order valence-corrected chi connectivity index (χ4v) is 2.62. The molecule has 0 radical (unpaired) electrons. The van der Waals surface area contributed by atoms with E-state index in [-0.39, 0.29) is 42.4 Å².